The fraction of sp³-hybridized carbons (Fsp3) is 0. The molecule has 0 saturated carbocycles. The summed E-state index contributed by atoms with van der Waals surface area (Å²) >= 11 is 3.13. The molecule has 0 aliphatic rings. The molecule has 8 heteroatoms. The van der Waals surface area contributed by atoms with Gasteiger partial charge < -0.3 is 0 Å². The first-order valence-electron chi connectivity index (χ1n) is 6.72. The minimum absolute atomic E-state index is 0.597. The Morgan fingerprint density at radius 2 is 1.21 bits per heavy atom. The largest absolute Gasteiger partial charge is 0.227 e. The van der Waals surface area contributed by atoms with E-state index < -0.39 is 0 Å². The standard InChI is InChI=1S/C16H6N4S4/c17-7-9-3-1-5-11-13(9)19-15(21-11)23-24-16-20-14-10(8-18)4-2-6-12(14)22-16/h1-6H. The molecule has 0 bridgehead atoms. The lowest BCUT2D eigenvalue weighted by Gasteiger charge is -1.91. The number of nitrogens with zero attached hydrogens (tertiary/aromatic N) is 4. The van der Waals surface area contributed by atoms with Crippen molar-refractivity contribution in [3.05, 3.63) is 47.5 Å². The smallest absolute Gasteiger partial charge is 0.162 e. The third-order valence-corrected chi connectivity index (χ3v) is 8.24. The van der Waals surface area contributed by atoms with Crippen LogP contribution >= 0.6 is 44.3 Å². The van der Waals surface area contributed by atoms with Gasteiger partial charge in [-0.25, -0.2) is 9.97 Å². The Labute approximate surface area is 153 Å². The Bertz CT molecular complexity index is 1050. The van der Waals surface area contributed by atoms with Crippen molar-refractivity contribution in [3.8, 4) is 12.1 Å². The molecule has 0 N–H and O–H groups in total. The summed E-state index contributed by atoms with van der Waals surface area (Å²) in [6.07, 6.45) is 0. The quantitative estimate of drug-likeness (QED) is 0.439. The fourth-order valence-electron chi connectivity index (χ4n) is 2.18. The van der Waals surface area contributed by atoms with E-state index in [-0.39, 0.29) is 0 Å². The number of fused-ring (bicyclic) bond motifs is 2. The second kappa shape index (κ2) is 6.42. The molecule has 0 spiro atoms. The normalized spacial score (nSPS) is 10.8. The van der Waals surface area contributed by atoms with Crippen LogP contribution in [0, 0.1) is 22.7 Å². The zero-order valence-electron chi connectivity index (χ0n) is 11.9. The molecule has 4 rings (SSSR count). The molecule has 4 nitrogen and oxygen atoms in total. The molecule has 4 aromatic rings. The minimum atomic E-state index is 0.597. The molecule has 0 radical (unpaired) electrons. The van der Waals surface area contributed by atoms with E-state index in [2.05, 4.69) is 22.1 Å². The first-order valence-corrected chi connectivity index (χ1v) is 10.5. The SMILES string of the molecule is N#Cc1cccc2sc(SSc3nc4c(C#N)cccc4s3)nc12. The lowest BCUT2D eigenvalue weighted by atomic mass is 10.2. The number of nitriles is 2. The van der Waals surface area contributed by atoms with Gasteiger partial charge in [0, 0.05) is 0 Å². The van der Waals surface area contributed by atoms with Crippen LogP contribution in [-0.4, -0.2) is 9.97 Å². The Kier molecular flexibility index (Phi) is 4.13. The summed E-state index contributed by atoms with van der Waals surface area (Å²) in [6.45, 7) is 0. The molecule has 0 amide bonds. The van der Waals surface area contributed by atoms with Crippen LogP contribution in [0.2, 0.25) is 0 Å². The first-order chi connectivity index (χ1) is 11.8. The summed E-state index contributed by atoms with van der Waals surface area (Å²) in [5.41, 5.74) is 2.70. The van der Waals surface area contributed by atoms with Gasteiger partial charge in [-0.05, 0) is 45.9 Å². The Hall–Kier alpha value is -2.10. The maximum atomic E-state index is 9.15. The molecule has 2 heterocycles. The predicted molar refractivity (Wildman–Crippen MR) is 100 cm³/mol. The monoisotopic (exact) mass is 382 g/mol. The summed E-state index contributed by atoms with van der Waals surface area (Å²) in [5, 5.41) is 18.3. The van der Waals surface area contributed by atoms with Gasteiger partial charge in [0.1, 0.15) is 23.2 Å². The van der Waals surface area contributed by atoms with E-state index in [0.717, 1.165) is 29.1 Å². The Morgan fingerprint density at radius 1 is 0.750 bits per heavy atom. The highest BCUT2D eigenvalue weighted by molar-refractivity contribution is 8.77. The fourth-order valence-corrected chi connectivity index (χ4v) is 6.71. The van der Waals surface area contributed by atoms with Crippen molar-refractivity contribution in [3.63, 3.8) is 0 Å². The number of rotatable bonds is 3. The van der Waals surface area contributed by atoms with Crippen LogP contribution in [0.3, 0.4) is 0 Å². The van der Waals surface area contributed by atoms with E-state index in [1.165, 1.54) is 21.6 Å². The van der Waals surface area contributed by atoms with E-state index in [1.807, 2.05) is 24.3 Å². The Balaban J connectivity index is 1.61. The molecule has 2 aromatic heterocycles. The van der Waals surface area contributed by atoms with E-state index in [9.17, 15) is 0 Å². The Morgan fingerprint density at radius 3 is 1.62 bits per heavy atom. The number of aromatic nitrogens is 2. The molecule has 0 saturated heterocycles. The van der Waals surface area contributed by atoms with Gasteiger partial charge in [0.25, 0.3) is 0 Å². The van der Waals surface area contributed by atoms with Crippen molar-refractivity contribution in [1.82, 2.24) is 9.97 Å². The summed E-state index contributed by atoms with van der Waals surface area (Å²) in [5.74, 6) is 0. The number of thiazole rings is 2. The molecule has 114 valence electrons. The zero-order chi connectivity index (χ0) is 16.5. The molecule has 24 heavy (non-hydrogen) atoms. The van der Waals surface area contributed by atoms with Gasteiger partial charge in [-0.2, -0.15) is 10.5 Å². The highest BCUT2D eigenvalue weighted by Gasteiger charge is 2.12. The lowest BCUT2D eigenvalue weighted by Crippen LogP contribution is -1.76. The van der Waals surface area contributed by atoms with Crippen molar-refractivity contribution in [1.29, 1.82) is 10.5 Å². The van der Waals surface area contributed by atoms with Gasteiger partial charge in [0.2, 0.25) is 0 Å². The maximum absolute atomic E-state index is 9.15. The summed E-state index contributed by atoms with van der Waals surface area (Å²) in [4.78, 5) is 9.10. The van der Waals surface area contributed by atoms with Crippen LogP contribution in [0.4, 0.5) is 0 Å². The molecule has 0 aliphatic heterocycles. The minimum Gasteiger partial charge on any atom is -0.227 e. The van der Waals surface area contributed by atoms with Crippen LogP contribution in [0.15, 0.2) is 45.1 Å². The number of hydrogen-bond acceptors (Lipinski definition) is 8. The van der Waals surface area contributed by atoms with Gasteiger partial charge in [0.15, 0.2) is 8.68 Å². The maximum Gasteiger partial charge on any atom is 0.162 e. The lowest BCUT2D eigenvalue weighted by molar-refractivity contribution is 1.30. The highest BCUT2D eigenvalue weighted by Crippen LogP contribution is 2.43. The van der Waals surface area contributed by atoms with Crippen LogP contribution < -0.4 is 0 Å². The van der Waals surface area contributed by atoms with Crippen molar-refractivity contribution >= 4 is 64.7 Å². The van der Waals surface area contributed by atoms with Crippen LogP contribution in [-0.2, 0) is 0 Å². The van der Waals surface area contributed by atoms with Gasteiger partial charge in [0.05, 0.1) is 20.5 Å². The molecule has 0 atom stereocenters. The molecule has 0 unspecified atom stereocenters. The average Bonchev–Trinajstić information content (AvgIpc) is 3.22. The van der Waals surface area contributed by atoms with E-state index >= 15 is 0 Å². The molecule has 0 fully saturated rings. The van der Waals surface area contributed by atoms with E-state index in [0.29, 0.717) is 11.1 Å². The molecule has 0 aliphatic carbocycles. The third-order valence-electron chi connectivity index (χ3n) is 3.22. The van der Waals surface area contributed by atoms with Gasteiger partial charge in [-0.3, -0.25) is 0 Å². The molecular weight excluding hydrogens is 376 g/mol. The summed E-state index contributed by atoms with van der Waals surface area (Å²) < 4.78 is 3.79. The third kappa shape index (κ3) is 2.74. The van der Waals surface area contributed by atoms with Crippen molar-refractivity contribution < 1.29 is 0 Å². The molecule has 2 aromatic carbocycles. The number of hydrogen-bond donors (Lipinski definition) is 0. The van der Waals surface area contributed by atoms with Crippen molar-refractivity contribution in [2.45, 2.75) is 8.68 Å². The van der Waals surface area contributed by atoms with E-state index in [4.69, 9.17) is 10.5 Å². The van der Waals surface area contributed by atoms with E-state index in [1.54, 1.807) is 34.8 Å². The van der Waals surface area contributed by atoms with Crippen molar-refractivity contribution in [2.75, 3.05) is 0 Å². The zero-order valence-corrected chi connectivity index (χ0v) is 15.2. The number of para-hydroxylation sites is 2. The van der Waals surface area contributed by atoms with Gasteiger partial charge in [-0.15, -0.1) is 22.7 Å². The average molecular weight is 383 g/mol. The second-order valence-electron chi connectivity index (χ2n) is 4.65. The van der Waals surface area contributed by atoms with Crippen LogP contribution in [0.25, 0.3) is 20.4 Å². The second-order valence-corrected chi connectivity index (χ2v) is 9.34. The summed E-state index contributed by atoms with van der Waals surface area (Å²) in [6, 6.07) is 15.6. The van der Waals surface area contributed by atoms with Gasteiger partial charge in [-0.1, -0.05) is 12.1 Å². The first kappa shape index (κ1) is 15.4. The van der Waals surface area contributed by atoms with Crippen LogP contribution in [0.1, 0.15) is 11.1 Å². The van der Waals surface area contributed by atoms with Crippen LogP contribution in [0.5, 0.6) is 0 Å². The number of benzene rings is 2. The molecular formula is C16H6N4S4. The highest BCUT2D eigenvalue weighted by atomic mass is 33.1. The predicted octanol–water partition coefficient (Wildman–Crippen LogP) is 5.45. The van der Waals surface area contributed by atoms with Crippen molar-refractivity contribution in [2.24, 2.45) is 0 Å². The summed E-state index contributed by atoms with van der Waals surface area (Å²) in [7, 11) is 3.05. The van der Waals surface area contributed by atoms with Gasteiger partial charge >= 0.3 is 0 Å². The topological polar surface area (TPSA) is 73.4 Å².